The molecule has 0 aliphatic heterocycles. The van der Waals surface area contributed by atoms with Crippen LogP contribution in [-0.2, 0) is 9.53 Å². The normalized spacial score (nSPS) is 23.5. The number of aromatic nitrogens is 3. The summed E-state index contributed by atoms with van der Waals surface area (Å²) in [4.78, 5) is 43.3. The van der Waals surface area contributed by atoms with E-state index in [0.717, 1.165) is 53.3 Å². The molecule has 10 heteroatoms. The Kier molecular flexibility index (Phi) is 9.44. The molecular formula is C34H43N5O4S. The summed E-state index contributed by atoms with van der Waals surface area (Å²) < 4.78 is 10.9. The van der Waals surface area contributed by atoms with E-state index in [9.17, 15) is 9.59 Å². The predicted molar refractivity (Wildman–Crippen MR) is 171 cm³/mol. The van der Waals surface area contributed by atoms with Crippen molar-refractivity contribution in [1.82, 2.24) is 20.3 Å². The summed E-state index contributed by atoms with van der Waals surface area (Å²) in [5.74, 6) is 2.97. The van der Waals surface area contributed by atoms with Crippen LogP contribution in [0.5, 0.6) is 5.75 Å². The van der Waals surface area contributed by atoms with Crippen molar-refractivity contribution < 1.29 is 19.1 Å². The Balaban J connectivity index is 1.17. The van der Waals surface area contributed by atoms with Crippen molar-refractivity contribution in [3.05, 3.63) is 53.1 Å². The van der Waals surface area contributed by atoms with Gasteiger partial charge in [-0.2, -0.15) is 0 Å². The molecular weight excluding hydrogens is 574 g/mol. The van der Waals surface area contributed by atoms with Gasteiger partial charge in [0.2, 0.25) is 5.91 Å². The van der Waals surface area contributed by atoms with E-state index in [1.54, 1.807) is 25.5 Å². The molecule has 0 bridgehead atoms. The number of carbonyl (C=O) groups is 2. The minimum Gasteiger partial charge on any atom is -0.495 e. The Labute approximate surface area is 263 Å². The van der Waals surface area contributed by atoms with Gasteiger partial charge in [-0.15, -0.1) is 11.3 Å². The first-order valence-corrected chi connectivity index (χ1v) is 16.9. The minimum atomic E-state index is -0.411. The Bertz CT molecular complexity index is 1460. The molecule has 44 heavy (non-hydrogen) atoms. The first-order valence-electron chi connectivity index (χ1n) is 16.0. The average molecular weight is 618 g/mol. The lowest BCUT2D eigenvalue weighted by Crippen LogP contribution is -2.42. The smallest absolute Gasteiger partial charge is 0.407 e. The van der Waals surface area contributed by atoms with Crippen molar-refractivity contribution in [2.75, 3.05) is 25.6 Å². The summed E-state index contributed by atoms with van der Waals surface area (Å²) in [6.45, 7) is 2.65. The molecule has 6 rings (SSSR count). The minimum absolute atomic E-state index is 0.113. The van der Waals surface area contributed by atoms with Crippen LogP contribution >= 0.6 is 11.3 Å². The van der Waals surface area contributed by atoms with E-state index in [1.165, 1.54) is 17.8 Å². The number of anilines is 1. The Morgan fingerprint density at radius 3 is 2.41 bits per heavy atom. The van der Waals surface area contributed by atoms with E-state index >= 15 is 0 Å². The number of aryl methyl sites for hydroxylation is 1. The van der Waals surface area contributed by atoms with Crippen molar-refractivity contribution >= 4 is 29.2 Å². The summed E-state index contributed by atoms with van der Waals surface area (Å²) in [7, 11) is 3.25. The molecule has 1 N–H and O–H groups in total. The summed E-state index contributed by atoms with van der Waals surface area (Å²) in [5, 5.41) is 3.73. The first-order chi connectivity index (χ1) is 21.4. The number of nitrogens with one attached hydrogen (secondary N) is 1. The fourth-order valence-corrected chi connectivity index (χ4v) is 7.81. The third kappa shape index (κ3) is 7.06. The van der Waals surface area contributed by atoms with Crippen LogP contribution in [0, 0.1) is 18.8 Å². The first kappa shape index (κ1) is 30.5. The van der Waals surface area contributed by atoms with Crippen LogP contribution in [0.25, 0.3) is 10.4 Å². The van der Waals surface area contributed by atoms with E-state index in [0.29, 0.717) is 55.8 Å². The van der Waals surface area contributed by atoms with Gasteiger partial charge in [0.1, 0.15) is 17.7 Å². The molecule has 0 saturated heterocycles. The molecule has 0 radical (unpaired) electrons. The van der Waals surface area contributed by atoms with Gasteiger partial charge in [0.15, 0.2) is 0 Å². The molecule has 3 aromatic heterocycles. The molecule has 234 valence electrons. The monoisotopic (exact) mass is 617 g/mol. The number of nitrogens with zero attached hydrogens (tertiary/aromatic N) is 4. The Morgan fingerprint density at radius 2 is 1.73 bits per heavy atom. The maximum Gasteiger partial charge on any atom is 0.407 e. The molecule has 0 unspecified atom stereocenters. The van der Waals surface area contributed by atoms with Crippen LogP contribution in [-0.4, -0.2) is 53.8 Å². The number of hydrogen-bond acceptors (Lipinski definition) is 8. The fourth-order valence-electron chi connectivity index (χ4n) is 6.72. The van der Waals surface area contributed by atoms with Crippen molar-refractivity contribution in [1.29, 1.82) is 0 Å². The van der Waals surface area contributed by atoms with Gasteiger partial charge < -0.3 is 14.8 Å². The van der Waals surface area contributed by atoms with E-state index in [2.05, 4.69) is 22.4 Å². The highest BCUT2D eigenvalue weighted by Crippen LogP contribution is 2.44. The zero-order chi connectivity index (χ0) is 30.6. The molecule has 3 aliphatic rings. The number of amides is 2. The van der Waals surface area contributed by atoms with Gasteiger partial charge >= 0.3 is 6.09 Å². The Hall–Kier alpha value is -3.53. The maximum absolute atomic E-state index is 14.2. The van der Waals surface area contributed by atoms with Crippen LogP contribution in [0.15, 0.2) is 36.7 Å². The lowest BCUT2D eigenvalue weighted by atomic mass is 9.79. The van der Waals surface area contributed by atoms with Crippen molar-refractivity contribution in [2.24, 2.45) is 11.8 Å². The second-order valence-electron chi connectivity index (χ2n) is 12.6. The number of carbonyl (C=O) groups excluding carboxylic acids is 2. The van der Waals surface area contributed by atoms with Crippen LogP contribution in [0.3, 0.4) is 0 Å². The van der Waals surface area contributed by atoms with E-state index < -0.39 is 6.09 Å². The molecule has 3 aromatic rings. The van der Waals surface area contributed by atoms with Gasteiger partial charge in [0, 0.05) is 49.4 Å². The van der Waals surface area contributed by atoms with Gasteiger partial charge in [-0.25, -0.2) is 14.8 Å². The number of alkyl carbamates (subject to hydrolysis) is 1. The highest BCUT2D eigenvalue weighted by Gasteiger charge is 2.34. The Morgan fingerprint density at radius 1 is 0.977 bits per heavy atom. The highest BCUT2D eigenvalue weighted by atomic mass is 32.1. The second-order valence-corrected chi connectivity index (χ2v) is 13.6. The van der Waals surface area contributed by atoms with Crippen molar-refractivity contribution in [3.63, 3.8) is 0 Å². The zero-order valence-corrected chi connectivity index (χ0v) is 26.8. The number of methoxy groups -OCH3 is 1. The summed E-state index contributed by atoms with van der Waals surface area (Å²) >= 11 is 1.75. The van der Waals surface area contributed by atoms with Gasteiger partial charge in [-0.05, 0) is 107 Å². The van der Waals surface area contributed by atoms with Gasteiger partial charge in [-0.1, -0.05) is 0 Å². The average Bonchev–Trinajstić information content (AvgIpc) is 3.79. The number of hydrogen-bond donors (Lipinski definition) is 1. The lowest BCUT2D eigenvalue weighted by Gasteiger charge is -2.35. The standard InChI is InChI=1S/C34H43N5O4S/c1-21-29(42-3)15-14-28(38-21)23-6-4-22(5-7-23)20-39(33(40)25-10-12-27(13-11-25)43-34(41)35-2)31-18-26(16-17-36-31)30-19-37-32(44-30)24-8-9-24/h14-19,22-25,27H,4-13,20H2,1-3H3,(H,35,41)/t22-,23-,25-,27-. The van der Waals surface area contributed by atoms with Gasteiger partial charge in [-0.3, -0.25) is 14.7 Å². The summed E-state index contributed by atoms with van der Waals surface area (Å²) in [5.41, 5.74) is 3.12. The number of ether oxygens (including phenoxy) is 2. The summed E-state index contributed by atoms with van der Waals surface area (Å²) in [6, 6.07) is 8.21. The number of thiazole rings is 1. The molecule has 0 atom stereocenters. The molecule has 3 fully saturated rings. The fraction of sp³-hybridized carbons (Fsp3) is 0.559. The molecule has 9 nitrogen and oxygen atoms in total. The molecule has 3 aliphatic carbocycles. The van der Waals surface area contributed by atoms with Crippen LogP contribution in [0.4, 0.5) is 10.6 Å². The van der Waals surface area contributed by atoms with E-state index in [1.807, 2.05) is 36.4 Å². The molecule has 3 heterocycles. The van der Waals surface area contributed by atoms with Crippen LogP contribution in [0.1, 0.15) is 92.4 Å². The molecule has 0 aromatic carbocycles. The third-order valence-electron chi connectivity index (χ3n) is 9.51. The van der Waals surface area contributed by atoms with Crippen LogP contribution in [0.2, 0.25) is 0 Å². The topological polar surface area (TPSA) is 107 Å². The molecule has 2 amide bonds. The zero-order valence-electron chi connectivity index (χ0n) is 26.0. The quantitative estimate of drug-likeness (QED) is 0.275. The maximum atomic E-state index is 14.2. The van der Waals surface area contributed by atoms with Gasteiger partial charge in [0.05, 0.1) is 22.7 Å². The van der Waals surface area contributed by atoms with Crippen molar-refractivity contribution in [3.8, 4) is 16.2 Å². The predicted octanol–water partition coefficient (Wildman–Crippen LogP) is 7.02. The van der Waals surface area contributed by atoms with E-state index in [4.69, 9.17) is 19.4 Å². The largest absolute Gasteiger partial charge is 0.495 e. The third-order valence-corrected chi connectivity index (χ3v) is 10.7. The highest BCUT2D eigenvalue weighted by molar-refractivity contribution is 7.15. The van der Waals surface area contributed by atoms with Crippen molar-refractivity contribution in [2.45, 2.75) is 89.1 Å². The second kappa shape index (κ2) is 13.6. The van der Waals surface area contributed by atoms with Gasteiger partial charge in [0.25, 0.3) is 0 Å². The molecule has 3 saturated carbocycles. The summed E-state index contributed by atoms with van der Waals surface area (Å²) in [6.07, 6.45) is 12.6. The number of rotatable bonds is 9. The molecule has 0 spiro atoms. The lowest BCUT2D eigenvalue weighted by molar-refractivity contribution is -0.124. The SMILES string of the molecule is CNC(=O)O[C@H]1CC[C@H](C(=O)N(C[C@H]2CC[C@H](c3ccc(OC)c(C)n3)CC2)c2cc(-c3cnc(C4CC4)s3)ccn2)CC1. The number of pyridine rings is 2. The van der Waals surface area contributed by atoms with E-state index in [-0.39, 0.29) is 17.9 Å². The van der Waals surface area contributed by atoms with Crippen LogP contribution < -0.4 is 15.0 Å².